The SMILES string of the molecule is CN=C1C=CC(=O)c2c(NC)cc([Se]c3ccc(Cl)cc3N)c(O)c21. The molecular formula is C18H16ClN3O2Se. The fourth-order valence-electron chi connectivity index (χ4n) is 2.67. The second kappa shape index (κ2) is 6.92. The number of nitrogens with two attached hydrogens (primary N) is 1. The number of allylic oxidation sites excluding steroid dienone is 2. The van der Waals surface area contributed by atoms with Crippen LogP contribution in [-0.4, -0.2) is 45.7 Å². The van der Waals surface area contributed by atoms with E-state index >= 15 is 0 Å². The number of carbonyl (C=O) groups excluding carboxylic acids is 1. The Kier molecular flexibility index (Phi) is 4.86. The Bertz CT molecular complexity index is 938. The van der Waals surface area contributed by atoms with Crippen LogP contribution in [0, 0.1) is 0 Å². The summed E-state index contributed by atoms with van der Waals surface area (Å²) < 4.78 is 1.62. The molecule has 0 amide bonds. The van der Waals surface area contributed by atoms with E-state index in [9.17, 15) is 9.90 Å². The fourth-order valence-corrected chi connectivity index (χ4v) is 4.79. The molecule has 7 heteroatoms. The van der Waals surface area contributed by atoms with Crippen molar-refractivity contribution in [1.82, 2.24) is 0 Å². The number of ketones is 1. The van der Waals surface area contributed by atoms with Gasteiger partial charge in [0.05, 0.1) is 0 Å². The number of nitrogens with zero attached hydrogens (tertiary/aromatic N) is 1. The van der Waals surface area contributed by atoms with Crippen molar-refractivity contribution in [2.75, 3.05) is 25.1 Å². The molecule has 2 aromatic rings. The number of halogens is 1. The third-order valence-corrected chi connectivity index (χ3v) is 6.45. The molecule has 4 N–H and O–H groups in total. The molecule has 0 spiro atoms. The average molecular weight is 421 g/mol. The number of rotatable bonds is 3. The molecule has 0 fully saturated rings. The quantitative estimate of drug-likeness (QED) is 0.399. The summed E-state index contributed by atoms with van der Waals surface area (Å²) in [6.07, 6.45) is 3.09. The Balaban J connectivity index is 2.18. The van der Waals surface area contributed by atoms with Crippen LogP contribution in [0.4, 0.5) is 11.4 Å². The van der Waals surface area contributed by atoms with E-state index in [4.69, 9.17) is 17.3 Å². The number of hydrogen-bond acceptors (Lipinski definition) is 5. The van der Waals surface area contributed by atoms with Gasteiger partial charge in [0.1, 0.15) is 0 Å². The van der Waals surface area contributed by atoms with E-state index in [-0.39, 0.29) is 26.5 Å². The van der Waals surface area contributed by atoms with Gasteiger partial charge in [-0.2, -0.15) is 0 Å². The standard InChI is InChI=1S/C18H16ClN3O2Se/c1-21-11-4-5-13(23)16-12(22-2)8-15(18(24)17(11)16)25-14-6-3-9(19)7-10(14)20/h3-8,22,24H,20H2,1-2H3. The first kappa shape index (κ1) is 17.5. The van der Waals surface area contributed by atoms with Crippen molar-refractivity contribution in [2.45, 2.75) is 0 Å². The zero-order valence-corrected chi connectivity index (χ0v) is 16.1. The maximum absolute atomic E-state index is 12.3. The fraction of sp³-hybridized carbons (Fsp3) is 0.111. The molecule has 128 valence electrons. The van der Waals surface area contributed by atoms with Gasteiger partial charge >= 0.3 is 157 Å². The summed E-state index contributed by atoms with van der Waals surface area (Å²) in [4.78, 5) is 16.5. The number of phenols is 1. The molecule has 0 bridgehead atoms. The molecule has 0 aromatic heterocycles. The molecule has 1 aliphatic rings. The van der Waals surface area contributed by atoms with Crippen molar-refractivity contribution in [3.8, 4) is 5.75 Å². The molecule has 5 nitrogen and oxygen atoms in total. The topological polar surface area (TPSA) is 87.7 Å². The Hall–Kier alpha value is -2.27. The van der Waals surface area contributed by atoms with Crippen LogP contribution in [0.1, 0.15) is 15.9 Å². The summed E-state index contributed by atoms with van der Waals surface area (Å²) in [6, 6.07) is 7.12. The molecule has 0 saturated heterocycles. The van der Waals surface area contributed by atoms with Crippen molar-refractivity contribution in [3.63, 3.8) is 0 Å². The van der Waals surface area contributed by atoms with Crippen molar-refractivity contribution in [1.29, 1.82) is 0 Å². The summed E-state index contributed by atoms with van der Waals surface area (Å²) in [7, 11) is 3.38. The van der Waals surface area contributed by atoms with Gasteiger partial charge in [0.25, 0.3) is 0 Å². The van der Waals surface area contributed by atoms with Crippen LogP contribution >= 0.6 is 11.6 Å². The Morgan fingerprint density at radius 2 is 1.96 bits per heavy atom. The average Bonchev–Trinajstić information content (AvgIpc) is 2.59. The summed E-state index contributed by atoms with van der Waals surface area (Å²) in [5.74, 6) is -0.0891. The van der Waals surface area contributed by atoms with Crippen LogP contribution in [0.3, 0.4) is 0 Å². The van der Waals surface area contributed by atoms with Gasteiger partial charge in [0, 0.05) is 0 Å². The van der Waals surface area contributed by atoms with Gasteiger partial charge in [-0.25, -0.2) is 0 Å². The van der Waals surface area contributed by atoms with E-state index in [1.54, 1.807) is 38.4 Å². The number of fused-ring (bicyclic) bond motifs is 1. The van der Waals surface area contributed by atoms with Gasteiger partial charge in [-0.05, 0) is 0 Å². The van der Waals surface area contributed by atoms with E-state index in [0.29, 0.717) is 37.7 Å². The predicted octanol–water partition coefficient (Wildman–Crippen LogP) is 1.50. The molecule has 0 atom stereocenters. The number of hydrogen-bond donors (Lipinski definition) is 3. The molecule has 0 aliphatic heterocycles. The van der Waals surface area contributed by atoms with Gasteiger partial charge in [-0.1, -0.05) is 0 Å². The van der Waals surface area contributed by atoms with Crippen LogP contribution in [0.25, 0.3) is 0 Å². The van der Waals surface area contributed by atoms with Gasteiger partial charge in [-0.15, -0.1) is 0 Å². The van der Waals surface area contributed by atoms with Crippen molar-refractivity contribution >= 4 is 58.4 Å². The number of phenolic OH excluding ortho intramolecular Hbond substituents is 1. The third-order valence-electron chi connectivity index (χ3n) is 3.86. The van der Waals surface area contributed by atoms with Gasteiger partial charge in [0.2, 0.25) is 0 Å². The monoisotopic (exact) mass is 421 g/mol. The summed E-state index contributed by atoms with van der Waals surface area (Å²) >= 11 is 5.69. The third kappa shape index (κ3) is 3.16. The molecule has 0 heterocycles. The molecule has 25 heavy (non-hydrogen) atoms. The first-order chi connectivity index (χ1) is 12.0. The molecule has 2 aromatic carbocycles. The summed E-state index contributed by atoms with van der Waals surface area (Å²) in [6.45, 7) is 0. The van der Waals surface area contributed by atoms with E-state index in [0.717, 1.165) is 4.46 Å². The predicted molar refractivity (Wildman–Crippen MR) is 104 cm³/mol. The first-order valence-corrected chi connectivity index (χ1v) is 9.55. The van der Waals surface area contributed by atoms with E-state index in [1.807, 2.05) is 6.07 Å². The second-order valence-electron chi connectivity index (χ2n) is 5.36. The second-order valence-corrected chi connectivity index (χ2v) is 8.07. The van der Waals surface area contributed by atoms with Crippen LogP contribution < -0.4 is 20.0 Å². The van der Waals surface area contributed by atoms with Crippen LogP contribution in [0.15, 0.2) is 41.4 Å². The van der Waals surface area contributed by atoms with Crippen molar-refractivity contribution < 1.29 is 9.90 Å². The number of aromatic hydroxyl groups is 1. The van der Waals surface area contributed by atoms with Crippen LogP contribution in [-0.2, 0) is 0 Å². The zero-order chi connectivity index (χ0) is 18.1. The summed E-state index contributed by atoms with van der Waals surface area (Å²) in [5.41, 5.74) is 8.76. The van der Waals surface area contributed by atoms with Crippen molar-refractivity contribution in [3.05, 3.63) is 52.6 Å². The zero-order valence-electron chi connectivity index (χ0n) is 13.6. The van der Waals surface area contributed by atoms with Crippen molar-refractivity contribution in [2.24, 2.45) is 4.99 Å². The Morgan fingerprint density at radius 1 is 1.20 bits per heavy atom. The number of carbonyl (C=O) groups is 1. The van der Waals surface area contributed by atoms with Gasteiger partial charge in [0.15, 0.2) is 0 Å². The first-order valence-electron chi connectivity index (χ1n) is 7.46. The van der Waals surface area contributed by atoms with Crippen LogP contribution in [0.2, 0.25) is 5.02 Å². The maximum atomic E-state index is 12.3. The van der Waals surface area contributed by atoms with E-state index in [2.05, 4.69) is 10.3 Å². The van der Waals surface area contributed by atoms with Crippen LogP contribution in [0.5, 0.6) is 5.75 Å². The molecular weight excluding hydrogens is 405 g/mol. The van der Waals surface area contributed by atoms with E-state index in [1.165, 1.54) is 6.08 Å². The molecule has 1 aliphatic carbocycles. The number of nitrogen functional groups attached to an aromatic ring is 1. The Labute approximate surface area is 156 Å². The van der Waals surface area contributed by atoms with Gasteiger partial charge < -0.3 is 0 Å². The number of aliphatic imine (C=N–C) groups is 1. The number of benzene rings is 2. The number of nitrogens with one attached hydrogen (secondary N) is 1. The van der Waals surface area contributed by atoms with E-state index < -0.39 is 0 Å². The van der Waals surface area contributed by atoms with Gasteiger partial charge in [-0.3, -0.25) is 0 Å². The molecule has 3 rings (SSSR count). The Morgan fingerprint density at radius 3 is 2.60 bits per heavy atom. The molecule has 0 saturated carbocycles. The molecule has 0 unspecified atom stereocenters. The minimum atomic E-state index is -0.261. The normalized spacial score (nSPS) is 14.7. The molecule has 0 radical (unpaired) electrons. The number of anilines is 2. The minimum absolute atomic E-state index is 0.0710. The summed E-state index contributed by atoms with van der Waals surface area (Å²) in [5, 5.41) is 14.4.